The van der Waals surface area contributed by atoms with Crippen molar-refractivity contribution in [2.24, 2.45) is 17.6 Å². The van der Waals surface area contributed by atoms with Crippen LogP contribution in [-0.2, 0) is 34.0 Å². The molecule has 6 N–H and O–H groups in total. The summed E-state index contributed by atoms with van der Waals surface area (Å²) < 4.78 is 5.06. The molecule has 13 nitrogen and oxygen atoms in total. The fourth-order valence-electron chi connectivity index (χ4n) is 4.74. The Bertz CT molecular complexity index is 1140. The number of ether oxygens (including phenoxy) is 1. The summed E-state index contributed by atoms with van der Waals surface area (Å²) in [5.41, 5.74) is 6.71. The molecule has 0 aliphatic carbocycles. The molecular weight excluding hydrogens is 636 g/mol. The molecule has 1 aromatic rings. The molecule has 6 amide bonds. The van der Waals surface area contributed by atoms with Gasteiger partial charge in [0.05, 0.1) is 12.5 Å². The maximum absolute atomic E-state index is 13.3. The second-order valence-electron chi connectivity index (χ2n) is 11.0. The number of urea groups is 1. The van der Waals surface area contributed by atoms with Gasteiger partial charge in [0, 0.05) is 43.5 Å². The molecule has 0 saturated carbocycles. The Morgan fingerprint density at radius 3 is 2.23 bits per heavy atom. The third-order valence-corrected chi connectivity index (χ3v) is 7.92. The van der Waals surface area contributed by atoms with Crippen LogP contribution in [0, 0.1) is 11.8 Å². The number of carbonyl (C=O) groups is 6. The van der Waals surface area contributed by atoms with Crippen molar-refractivity contribution in [3.63, 3.8) is 0 Å². The van der Waals surface area contributed by atoms with E-state index in [9.17, 15) is 28.8 Å². The molecule has 1 aromatic carbocycles. The zero-order valence-electron chi connectivity index (χ0n) is 25.7. The van der Waals surface area contributed by atoms with Crippen molar-refractivity contribution >= 4 is 57.2 Å². The summed E-state index contributed by atoms with van der Waals surface area (Å²) in [6, 6.07) is 4.63. The molecule has 1 saturated heterocycles. The number of rotatable bonds is 16. The summed E-state index contributed by atoms with van der Waals surface area (Å²) in [7, 11) is 0. The van der Waals surface area contributed by atoms with Gasteiger partial charge < -0.3 is 36.6 Å². The summed E-state index contributed by atoms with van der Waals surface area (Å²) in [5.74, 6) is -2.44. The number of amides is 6. The number of anilines is 1. The second-order valence-corrected chi connectivity index (χ2v) is 11.6. The van der Waals surface area contributed by atoms with Gasteiger partial charge in [0.15, 0.2) is 0 Å². The maximum Gasteiger partial charge on any atom is 0.312 e. The summed E-state index contributed by atoms with van der Waals surface area (Å²) in [4.78, 5) is 76.6. The Hall–Kier alpha value is -3.68. The first-order chi connectivity index (χ1) is 20.9. The number of benzene rings is 1. The Morgan fingerprint density at radius 1 is 1.00 bits per heavy atom. The first-order valence-corrected chi connectivity index (χ1v) is 16.1. The van der Waals surface area contributed by atoms with Crippen molar-refractivity contribution < 1.29 is 33.5 Å². The van der Waals surface area contributed by atoms with Crippen molar-refractivity contribution in [3.8, 4) is 0 Å². The Balaban J connectivity index is 1.95. The van der Waals surface area contributed by atoms with Crippen LogP contribution in [0.2, 0.25) is 0 Å². The average molecular weight is 682 g/mol. The van der Waals surface area contributed by atoms with Gasteiger partial charge in [-0.2, -0.15) is 0 Å². The number of likely N-dealkylation sites (tertiary alicyclic amines) is 1. The van der Waals surface area contributed by atoms with Crippen molar-refractivity contribution in [2.45, 2.75) is 76.7 Å². The van der Waals surface area contributed by atoms with Gasteiger partial charge >= 0.3 is 12.0 Å². The van der Waals surface area contributed by atoms with Gasteiger partial charge in [-0.15, -0.1) is 0 Å². The van der Waals surface area contributed by atoms with E-state index in [2.05, 4.69) is 37.2 Å². The van der Waals surface area contributed by atoms with Crippen LogP contribution in [0.15, 0.2) is 24.3 Å². The Labute approximate surface area is 266 Å². The number of halogens is 1. The molecule has 44 heavy (non-hydrogen) atoms. The molecule has 1 aliphatic heterocycles. The molecule has 1 heterocycles. The molecule has 0 aromatic heterocycles. The van der Waals surface area contributed by atoms with E-state index in [0.29, 0.717) is 50.0 Å². The number of carbonyl (C=O) groups excluding carboxylic acids is 6. The normalized spacial score (nSPS) is 14.7. The first-order valence-electron chi connectivity index (χ1n) is 15.0. The highest BCUT2D eigenvalue weighted by Crippen LogP contribution is 2.20. The van der Waals surface area contributed by atoms with Crippen molar-refractivity contribution in [2.75, 3.05) is 31.6 Å². The third kappa shape index (κ3) is 12.5. The van der Waals surface area contributed by atoms with E-state index >= 15 is 0 Å². The summed E-state index contributed by atoms with van der Waals surface area (Å²) in [6.45, 7) is 6.65. The van der Waals surface area contributed by atoms with Crippen LogP contribution in [-0.4, -0.2) is 78.9 Å². The van der Waals surface area contributed by atoms with Crippen LogP contribution in [0.1, 0.15) is 64.9 Å². The molecular formula is C30H45BrN6O7. The molecule has 0 radical (unpaired) electrons. The standard InChI is InChI=1S/C30H45BrN6O7/c1-4-44-29(42)21-13-16-37(17-14-21)25(39)12-11-24(38)36-26(19(2)3)28(41)35-23(6-5-15-33-30(32)43)27(40)34-22-9-7-20(18-31)8-10-22/h7-10,19,21,23,26H,4-6,11-18H2,1-3H3,(H,34,40)(H,35,41)(H,36,38)(H3,32,33,43)/t23-,26-/m0/s1. The Kier molecular flexibility index (Phi) is 15.7. The topological polar surface area (TPSA) is 189 Å². The van der Waals surface area contributed by atoms with Crippen molar-refractivity contribution in [1.82, 2.24) is 20.9 Å². The SMILES string of the molecule is CCOC(=O)C1CCN(C(=O)CCC(=O)N[C@H](C(=O)N[C@@H](CCCNC(N)=O)C(=O)Nc2ccc(CBr)cc2)C(C)C)CC1. The maximum atomic E-state index is 13.3. The number of nitrogens with two attached hydrogens (primary N) is 1. The number of piperidine rings is 1. The van der Waals surface area contributed by atoms with E-state index < -0.39 is 35.8 Å². The Morgan fingerprint density at radius 2 is 1.66 bits per heavy atom. The highest BCUT2D eigenvalue weighted by atomic mass is 79.9. The van der Waals surface area contributed by atoms with Gasteiger partial charge in [-0.1, -0.05) is 41.9 Å². The molecule has 0 spiro atoms. The monoisotopic (exact) mass is 680 g/mol. The summed E-state index contributed by atoms with van der Waals surface area (Å²) >= 11 is 3.38. The minimum atomic E-state index is -0.953. The lowest BCUT2D eigenvalue weighted by atomic mass is 9.96. The van der Waals surface area contributed by atoms with E-state index in [-0.39, 0.29) is 49.5 Å². The van der Waals surface area contributed by atoms with Crippen LogP contribution < -0.4 is 27.0 Å². The summed E-state index contributed by atoms with van der Waals surface area (Å²) in [6.07, 6.45) is 1.46. The van der Waals surface area contributed by atoms with Crippen molar-refractivity contribution in [3.05, 3.63) is 29.8 Å². The average Bonchev–Trinajstić information content (AvgIpc) is 3.00. The third-order valence-electron chi connectivity index (χ3n) is 7.28. The molecule has 2 atom stereocenters. The second kappa shape index (κ2) is 18.9. The fraction of sp³-hybridized carbons (Fsp3) is 0.600. The van der Waals surface area contributed by atoms with Gasteiger partial charge in [-0.3, -0.25) is 24.0 Å². The highest BCUT2D eigenvalue weighted by Gasteiger charge is 2.30. The minimum absolute atomic E-state index is 0.0336. The quantitative estimate of drug-likeness (QED) is 0.100. The first kappa shape index (κ1) is 36.5. The summed E-state index contributed by atoms with van der Waals surface area (Å²) in [5, 5.41) is 11.4. The number of primary amides is 1. The predicted molar refractivity (Wildman–Crippen MR) is 168 cm³/mol. The van der Waals surface area contributed by atoms with Crippen LogP contribution in [0.3, 0.4) is 0 Å². The molecule has 1 aliphatic rings. The minimum Gasteiger partial charge on any atom is -0.466 e. The number of hydrogen-bond donors (Lipinski definition) is 5. The van der Waals surface area contributed by atoms with Crippen LogP contribution >= 0.6 is 15.9 Å². The zero-order valence-corrected chi connectivity index (χ0v) is 27.2. The van der Waals surface area contributed by atoms with Crippen LogP contribution in [0.4, 0.5) is 10.5 Å². The molecule has 2 rings (SSSR count). The number of esters is 1. The van der Waals surface area contributed by atoms with Gasteiger partial charge in [-0.05, 0) is 56.2 Å². The van der Waals surface area contributed by atoms with E-state index in [4.69, 9.17) is 10.5 Å². The number of nitrogens with zero attached hydrogens (tertiary/aromatic N) is 1. The highest BCUT2D eigenvalue weighted by molar-refractivity contribution is 9.08. The van der Waals surface area contributed by atoms with Gasteiger partial charge in [0.1, 0.15) is 12.1 Å². The number of alkyl halides is 1. The number of hydrogen-bond acceptors (Lipinski definition) is 7. The lowest BCUT2D eigenvalue weighted by Crippen LogP contribution is -2.54. The van der Waals surface area contributed by atoms with Crippen LogP contribution in [0.25, 0.3) is 0 Å². The van der Waals surface area contributed by atoms with Gasteiger partial charge in [0.25, 0.3) is 0 Å². The van der Waals surface area contributed by atoms with Gasteiger partial charge in [0.2, 0.25) is 23.6 Å². The smallest absolute Gasteiger partial charge is 0.312 e. The van der Waals surface area contributed by atoms with Gasteiger partial charge in [-0.25, -0.2) is 4.79 Å². The molecule has 0 unspecified atom stereocenters. The molecule has 1 fully saturated rings. The van der Waals surface area contributed by atoms with E-state index in [1.54, 1.807) is 37.8 Å². The number of nitrogens with one attached hydrogen (secondary N) is 4. The van der Waals surface area contributed by atoms with E-state index in [0.717, 1.165) is 5.56 Å². The zero-order chi connectivity index (χ0) is 32.6. The van der Waals surface area contributed by atoms with Crippen LogP contribution in [0.5, 0.6) is 0 Å². The molecule has 0 bridgehead atoms. The lowest BCUT2D eigenvalue weighted by molar-refractivity contribution is -0.151. The van der Waals surface area contributed by atoms with E-state index in [1.165, 1.54) is 0 Å². The molecule has 244 valence electrons. The van der Waals surface area contributed by atoms with E-state index in [1.807, 2.05) is 12.1 Å². The molecule has 14 heteroatoms. The predicted octanol–water partition coefficient (Wildman–Crippen LogP) is 2.18. The van der Waals surface area contributed by atoms with Crippen molar-refractivity contribution in [1.29, 1.82) is 0 Å². The fourth-order valence-corrected chi connectivity index (χ4v) is 5.11. The lowest BCUT2D eigenvalue weighted by Gasteiger charge is -2.31. The largest absolute Gasteiger partial charge is 0.466 e.